The van der Waals surface area contributed by atoms with Crippen LogP contribution in [0, 0.1) is 0 Å². The molecule has 1 aromatic rings. The maximum atomic E-state index is 12.6. The standard InChI is InChI=1S/C19H29NO3/c1-18(2,3)15-8-6-14(7-9-15)10-17(22)20-11-16(12-21)23-19(4,5)13-20/h6-9,16,21H,10-13H2,1-5H3. The molecule has 1 aromatic carbocycles. The molecule has 4 nitrogen and oxygen atoms in total. The smallest absolute Gasteiger partial charge is 0.227 e. The highest BCUT2D eigenvalue weighted by molar-refractivity contribution is 5.79. The number of aliphatic hydroxyl groups is 1. The van der Waals surface area contributed by atoms with E-state index in [1.165, 1.54) is 5.56 Å². The molecule has 0 aliphatic carbocycles. The Kier molecular flexibility index (Phi) is 5.17. The Labute approximate surface area is 139 Å². The summed E-state index contributed by atoms with van der Waals surface area (Å²) in [6.07, 6.45) is 0.0875. The molecular weight excluding hydrogens is 290 g/mol. The molecular formula is C19H29NO3. The summed E-state index contributed by atoms with van der Waals surface area (Å²) in [5.41, 5.74) is 1.98. The predicted octanol–water partition coefficient (Wildman–Crippen LogP) is 2.52. The van der Waals surface area contributed by atoms with Crippen LogP contribution in [-0.2, 0) is 21.4 Å². The summed E-state index contributed by atoms with van der Waals surface area (Å²) in [6, 6.07) is 8.27. The lowest BCUT2D eigenvalue weighted by Crippen LogP contribution is -2.55. The summed E-state index contributed by atoms with van der Waals surface area (Å²) < 4.78 is 5.76. The Morgan fingerprint density at radius 3 is 2.43 bits per heavy atom. The molecule has 0 aromatic heterocycles. The van der Waals surface area contributed by atoms with E-state index in [1.807, 2.05) is 30.9 Å². The van der Waals surface area contributed by atoms with Crippen LogP contribution in [0.5, 0.6) is 0 Å². The van der Waals surface area contributed by atoms with E-state index in [4.69, 9.17) is 4.74 Å². The number of benzene rings is 1. The van der Waals surface area contributed by atoms with Crippen molar-refractivity contribution < 1.29 is 14.6 Å². The average molecular weight is 319 g/mol. The highest BCUT2D eigenvalue weighted by Gasteiger charge is 2.35. The third-order valence-electron chi connectivity index (χ3n) is 4.21. The van der Waals surface area contributed by atoms with Crippen molar-refractivity contribution >= 4 is 5.91 Å². The van der Waals surface area contributed by atoms with Crippen molar-refractivity contribution in [3.63, 3.8) is 0 Å². The van der Waals surface area contributed by atoms with Gasteiger partial charge in [-0.15, -0.1) is 0 Å². The van der Waals surface area contributed by atoms with Crippen LogP contribution in [0.1, 0.15) is 45.7 Å². The number of nitrogens with zero attached hydrogens (tertiary/aromatic N) is 1. The number of aliphatic hydroxyl groups excluding tert-OH is 1. The van der Waals surface area contributed by atoms with Gasteiger partial charge < -0.3 is 14.7 Å². The SMILES string of the molecule is CC1(C)CN(C(=O)Cc2ccc(C(C)(C)C)cc2)CC(CO)O1. The second-order valence-electron chi connectivity index (χ2n) is 8.08. The van der Waals surface area contributed by atoms with Crippen LogP contribution in [-0.4, -0.2) is 47.3 Å². The maximum absolute atomic E-state index is 12.6. The molecule has 1 heterocycles. The number of rotatable bonds is 3. The lowest BCUT2D eigenvalue weighted by Gasteiger charge is -2.42. The van der Waals surface area contributed by atoms with Crippen LogP contribution in [0.15, 0.2) is 24.3 Å². The second kappa shape index (κ2) is 6.62. The molecule has 1 N–H and O–H groups in total. The highest BCUT2D eigenvalue weighted by Crippen LogP contribution is 2.24. The number of morpholine rings is 1. The van der Waals surface area contributed by atoms with Crippen molar-refractivity contribution in [1.82, 2.24) is 4.90 Å². The Hall–Kier alpha value is -1.39. The van der Waals surface area contributed by atoms with Crippen LogP contribution >= 0.6 is 0 Å². The Morgan fingerprint density at radius 2 is 1.91 bits per heavy atom. The number of carbonyl (C=O) groups is 1. The highest BCUT2D eigenvalue weighted by atomic mass is 16.5. The Bertz CT molecular complexity index is 543. The second-order valence-corrected chi connectivity index (χ2v) is 8.08. The number of carbonyl (C=O) groups excluding carboxylic acids is 1. The summed E-state index contributed by atoms with van der Waals surface area (Å²) in [4.78, 5) is 14.4. The first kappa shape index (κ1) is 18.0. The van der Waals surface area contributed by atoms with E-state index in [9.17, 15) is 9.90 Å². The fourth-order valence-corrected chi connectivity index (χ4v) is 2.99. The first-order valence-corrected chi connectivity index (χ1v) is 8.26. The molecule has 0 radical (unpaired) electrons. The molecule has 23 heavy (non-hydrogen) atoms. The normalized spacial score (nSPS) is 21.3. The average Bonchev–Trinajstić information content (AvgIpc) is 2.45. The van der Waals surface area contributed by atoms with Crippen LogP contribution in [0.3, 0.4) is 0 Å². The Morgan fingerprint density at radius 1 is 1.30 bits per heavy atom. The van der Waals surface area contributed by atoms with Crippen molar-refractivity contribution in [2.75, 3.05) is 19.7 Å². The zero-order valence-corrected chi connectivity index (χ0v) is 14.9. The number of hydrogen-bond acceptors (Lipinski definition) is 3. The van der Waals surface area contributed by atoms with Crippen molar-refractivity contribution in [3.05, 3.63) is 35.4 Å². The van der Waals surface area contributed by atoms with Crippen molar-refractivity contribution in [2.45, 2.75) is 58.2 Å². The summed E-state index contributed by atoms with van der Waals surface area (Å²) in [7, 11) is 0. The van der Waals surface area contributed by atoms with Crippen LogP contribution < -0.4 is 0 Å². The van der Waals surface area contributed by atoms with Crippen LogP contribution in [0.2, 0.25) is 0 Å². The van der Waals surface area contributed by atoms with E-state index in [0.29, 0.717) is 19.5 Å². The van der Waals surface area contributed by atoms with Crippen LogP contribution in [0.25, 0.3) is 0 Å². The molecule has 0 saturated carbocycles. The lowest BCUT2D eigenvalue weighted by atomic mass is 9.86. The predicted molar refractivity (Wildman–Crippen MR) is 91.5 cm³/mol. The van der Waals surface area contributed by atoms with Gasteiger partial charge in [0.2, 0.25) is 5.91 Å². The maximum Gasteiger partial charge on any atom is 0.227 e. The zero-order chi connectivity index (χ0) is 17.3. The van der Waals surface area contributed by atoms with Gasteiger partial charge in [0.05, 0.1) is 24.7 Å². The van der Waals surface area contributed by atoms with E-state index in [2.05, 4.69) is 32.9 Å². The van der Waals surface area contributed by atoms with Gasteiger partial charge in [-0.25, -0.2) is 0 Å². The lowest BCUT2D eigenvalue weighted by molar-refractivity contribution is -0.166. The van der Waals surface area contributed by atoms with E-state index in [0.717, 1.165) is 5.56 Å². The first-order chi connectivity index (χ1) is 10.6. The Balaban J connectivity index is 2.03. The van der Waals surface area contributed by atoms with E-state index in [-0.39, 0.29) is 24.0 Å². The van der Waals surface area contributed by atoms with E-state index in [1.54, 1.807) is 0 Å². The molecule has 1 atom stereocenters. The minimum atomic E-state index is -0.419. The van der Waals surface area contributed by atoms with Gasteiger partial charge in [-0.3, -0.25) is 4.79 Å². The quantitative estimate of drug-likeness (QED) is 0.931. The number of hydrogen-bond donors (Lipinski definition) is 1. The van der Waals surface area contributed by atoms with Gasteiger partial charge in [-0.1, -0.05) is 45.0 Å². The van der Waals surface area contributed by atoms with Crippen molar-refractivity contribution in [2.24, 2.45) is 0 Å². The fraction of sp³-hybridized carbons (Fsp3) is 0.632. The van der Waals surface area contributed by atoms with Gasteiger partial charge >= 0.3 is 0 Å². The molecule has 1 amide bonds. The fourth-order valence-electron chi connectivity index (χ4n) is 2.99. The van der Waals surface area contributed by atoms with E-state index >= 15 is 0 Å². The zero-order valence-electron chi connectivity index (χ0n) is 14.9. The molecule has 0 bridgehead atoms. The summed E-state index contributed by atoms with van der Waals surface area (Å²) >= 11 is 0. The molecule has 1 saturated heterocycles. The topological polar surface area (TPSA) is 49.8 Å². The van der Waals surface area contributed by atoms with Gasteiger partial charge in [0, 0.05) is 13.1 Å². The minimum Gasteiger partial charge on any atom is -0.394 e. The monoisotopic (exact) mass is 319 g/mol. The van der Waals surface area contributed by atoms with Gasteiger partial charge in [-0.2, -0.15) is 0 Å². The molecule has 1 fully saturated rings. The molecule has 4 heteroatoms. The van der Waals surface area contributed by atoms with Gasteiger partial charge in [0.1, 0.15) is 0 Å². The molecule has 2 rings (SSSR count). The molecule has 1 aliphatic rings. The summed E-state index contributed by atoms with van der Waals surface area (Å²) in [5, 5.41) is 9.36. The van der Waals surface area contributed by atoms with Gasteiger partial charge in [0.25, 0.3) is 0 Å². The summed E-state index contributed by atoms with van der Waals surface area (Å²) in [6.45, 7) is 11.4. The molecule has 128 valence electrons. The first-order valence-electron chi connectivity index (χ1n) is 8.26. The molecule has 0 spiro atoms. The van der Waals surface area contributed by atoms with E-state index < -0.39 is 5.60 Å². The van der Waals surface area contributed by atoms with Crippen molar-refractivity contribution in [1.29, 1.82) is 0 Å². The van der Waals surface area contributed by atoms with Crippen LogP contribution in [0.4, 0.5) is 0 Å². The van der Waals surface area contributed by atoms with Gasteiger partial charge in [0.15, 0.2) is 0 Å². The molecule has 1 unspecified atom stereocenters. The minimum absolute atomic E-state index is 0.0620. The third-order valence-corrected chi connectivity index (χ3v) is 4.21. The summed E-state index contributed by atoms with van der Waals surface area (Å²) in [5.74, 6) is 0.0864. The van der Waals surface area contributed by atoms with Crippen molar-refractivity contribution in [3.8, 4) is 0 Å². The van der Waals surface area contributed by atoms with Gasteiger partial charge in [-0.05, 0) is 30.4 Å². The molecule has 1 aliphatic heterocycles. The number of ether oxygens (including phenoxy) is 1. The third kappa shape index (κ3) is 4.79. The number of amides is 1. The largest absolute Gasteiger partial charge is 0.394 e.